The van der Waals surface area contributed by atoms with Crippen molar-refractivity contribution in [3.8, 4) is 17.1 Å². The lowest BCUT2D eigenvalue weighted by molar-refractivity contribution is -0.118. The summed E-state index contributed by atoms with van der Waals surface area (Å²) in [5.74, 6) is 1.28. The van der Waals surface area contributed by atoms with Gasteiger partial charge in [-0.25, -0.2) is 5.43 Å². The predicted molar refractivity (Wildman–Crippen MR) is 143 cm³/mol. The number of amides is 1. The molecule has 1 aromatic heterocycles. The molecule has 178 valence electrons. The van der Waals surface area contributed by atoms with Crippen molar-refractivity contribution < 1.29 is 9.53 Å². The summed E-state index contributed by atoms with van der Waals surface area (Å²) in [5, 5.41) is 13.9. The number of rotatable bonds is 9. The summed E-state index contributed by atoms with van der Waals surface area (Å²) < 4.78 is 8.73. The van der Waals surface area contributed by atoms with Crippen LogP contribution in [-0.2, 0) is 18.4 Å². The fourth-order valence-electron chi connectivity index (χ4n) is 3.12. The van der Waals surface area contributed by atoms with Gasteiger partial charge in [0.2, 0.25) is 0 Å². The number of ether oxygens (including phenoxy) is 1. The van der Waals surface area contributed by atoms with E-state index in [0.29, 0.717) is 22.5 Å². The van der Waals surface area contributed by atoms with Crippen LogP contribution in [0, 0.1) is 0 Å². The molecule has 0 bridgehead atoms. The molecule has 10 heteroatoms. The van der Waals surface area contributed by atoms with E-state index in [1.54, 1.807) is 6.21 Å². The normalized spacial score (nSPS) is 11.1. The van der Waals surface area contributed by atoms with E-state index in [0.717, 1.165) is 27.0 Å². The van der Waals surface area contributed by atoms with Crippen LogP contribution >= 0.6 is 39.3 Å². The van der Waals surface area contributed by atoms with Crippen LogP contribution in [-0.4, -0.2) is 32.6 Å². The SMILES string of the molecule is Cn1c(SCC(=O)NN=Cc2ccccc2OCc2ccc(Cl)cc2)nnc1-c1cccc(Br)c1. The van der Waals surface area contributed by atoms with E-state index in [9.17, 15) is 4.79 Å². The molecule has 0 aliphatic rings. The molecule has 0 aliphatic carbocycles. The predicted octanol–water partition coefficient (Wildman–Crippen LogP) is 5.72. The van der Waals surface area contributed by atoms with E-state index >= 15 is 0 Å². The van der Waals surface area contributed by atoms with Gasteiger partial charge in [-0.2, -0.15) is 5.10 Å². The van der Waals surface area contributed by atoms with Crippen molar-refractivity contribution in [3.63, 3.8) is 0 Å². The minimum atomic E-state index is -0.252. The maximum atomic E-state index is 12.3. The van der Waals surface area contributed by atoms with Gasteiger partial charge < -0.3 is 9.30 Å². The van der Waals surface area contributed by atoms with Gasteiger partial charge in [-0.3, -0.25) is 4.79 Å². The van der Waals surface area contributed by atoms with Crippen molar-refractivity contribution in [2.75, 3.05) is 5.75 Å². The smallest absolute Gasteiger partial charge is 0.250 e. The Morgan fingerprint density at radius 3 is 2.74 bits per heavy atom. The third-order valence-electron chi connectivity index (χ3n) is 4.87. The van der Waals surface area contributed by atoms with Gasteiger partial charge in [-0.15, -0.1) is 10.2 Å². The van der Waals surface area contributed by atoms with Crippen LogP contribution in [0.3, 0.4) is 0 Å². The summed E-state index contributed by atoms with van der Waals surface area (Å²) in [6, 6.07) is 22.8. The molecule has 35 heavy (non-hydrogen) atoms. The fraction of sp³-hybridized carbons (Fsp3) is 0.120. The Labute approximate surface area is 220 Å². The lowest BCUT2D eigenvalue weighted by Crippen LogP contribution is -2.20. The second-order valence-electron chi connectivity index (χ2n) is 7.41. The summed E-state index contributed by atoms with van der Waals surface area (Å²) in [7, 11) is 1.87. The molecule has 4 rings (SSSR count). The molecule has 1 heterocycles. The van der Waals surface area contributed by atoms with E-state index in [4.69, 9.17) is 16.3 Å². The number of hydrazone groups is 1. The van der Waals surface area contributed by atoms with E-state index in [2.05, 4.69) is 36.7 Å². The van der Waals surface area contributed by atoms with Crippen molar-refractivity contribution in [1.82, 2.24) is 20.2 Å². The zero-order chi connectivity index (χ0) is 24.6. The van der Waals surface area contributed by atoms with Crippen molar-refractivity contribution >= 4 is 51.4 Å². The molecule has 0 saturated heterocycles. The number of aromatic nitrogens is 3. The van der Waals surface area contributed by atoms with Gasteiger partial charge in [0.05, 0.1) is 12.0 Å². The Balaban J connectivity index is 1.30. The highest BCUT2D eigenvalue weighted by Crippen LogP contribution is 2.25. The van der Waals surface area contributed by atoms with E-state index < -0.39 is 0 Å². The van der Waals surface area contributed by atoms with E-state index in [1.807, 2.05) is 84.4 Å². The number of para-hydroxylation sites is 1. The zero-order valence-corrected chi connectivity index (χ0v) is 21.8. The standard InChI is InChI=1S/C25H21BrClN5O2S/c1-32-24(18-6-4-7-20(26)13-18)30-31-25(32)35-16-23(33)29-28-14-19-5-2-3-8-22(19)34-15-17-9-11-21(27)12-10-17/h2-14H,15-16H2,1H3,(H,29,33). The first-order chi connectivity index (χ1) is 17.0. The number of thioether (sulfide) groups is 1. The van der Waals surface area contributed by atoms with Crippen LogP contribution in [0.25, 0.3) is 11.4 Å². The Morgan fingerprint density at radius 2 is 1.94 bits per heavy atom. The quantitative estimate of drug-likeness (QED) is 0.158. The molecule has 3 aromatic carbocycles. The first-order valence-electron chi connectivity index (χ1n) is 10.6. The van der Waals surface area contributed by atoms with Gasteiger partial charge in [0, 0.05) is 27.7 Å². The van der Waals surface area contributed by atoms with Gasteiger partial charge in [-0.05, 0) is 42.0 Å². The second-order valence-corrected chi connectivity index (χ2v) is 9.70. The van der Waals surface area contributed by atoms with Crippen LogP contribution in [0.5, 0.6) is 5.75 Å². The molecule has 7 nitrogen and oxygen atoms in total. The number of hydrogen-bond donors (Lipinski definition) is 1. The van der Waals surface area contributed by atoms with Crippen LogP contribution in [0.15, 0.2) is 87.5 Å². The molecular weight excluding hydrogens is 550 g/mol. The molecule has 4 aromatic rings. The second kappa shape index (κ2) is 12.0. The van der Waals surface area contributed by atoms with Crippen molar-refractivity contribution in [2.24, 2.45) is 12.1 Å². The average Bonchev–Trinajstić information content (AvgIpc) is 3.23. The van der Waals surface area contributed by atoms with Gasteiger partial charge in [0.1, 0.15) is 12.4 Å². The molecule has 1 amide bonds. The van der Waals surface area contributed by atoms with Crippen LogP contribution in [0.4, 0.5) is 0 Å². The summed E-state index contributed by atoms with van der Waals surface area (Å²) in [4.78, 5) is 12.3. The number of nitrogens with one attached hydrogen (secondary N) is 1. The highest BCUT2D eigenvalue weighted by Gasteiger charge is 2.13. The number of carbonyl (C=O) groups excluding carboxylic acids is 1. The number of nitrogens with zero attached hydrogens (tertiary/aromatic N) is 4. The lowest BCUT2D eigenvalue weighted by atomic mass is 10.2. The first kappa shape index (κ1) is 25.0. The minimum Gasteiger partial charge on any atom is -0.488 e. The average molecular weight is 571 g/mol. The zero-order valence-electron chi connectivity index (χ0n) is 18.7. The Kier molecular flexibility index (Phi) is 8.57. The van der Waals surface area contributed by atoms with Gasteiger partial charge in [-0.1, -0.05) is 75.7 Å². The monoisotopic (exact) mass is 569 g/mol. The summed E-state index contributed by atoms with van der Waals surface area (Å²) >= 11 is 10.7. The van der Waals surface area contributed by atoms with Gasteiger partial charge >= 0.3 is 0 Å². The van der Waals surface area contributed by atoms with Gasteiger partial charge in [0.15, 0.2) is 11.0 Å². The third kappa shape index (κ3) is 6.94. The molecule has 0 fully saturated rings. The molecule has 1 N–H and O–H groups in total. The molecule has 0 saturated carbocycles. The Morgan fingerprint density at radius 1 is 1.14 bits per heavy atom. The molecule has 0 aliphatic heterocycles. The highest BCUT2D eigenvalue weighted by atomic mass is 79.9. The van der Waals surface area contributed by atoms with Crippen molar-refractivity contribution in [3.05, 3.63) is 93.4 Å². The Bertz CT molecular complexity index is 1340. The van der Waals surface area contributed by atoms with Crippen molar-refractivity contribution in [2.45, 2.75) is 11.8 Å². The summed E-state index contributed by atoms with van der Waals surface area (Å²) in [5.41, 5.74) is 5.24. The third-order valence-corrected chi connectivity index (χ3v) is 6.64. The minimum absolute atomic E-state index is 0.149. The molecule has 0 atom stereocenters. The lowest BCUT2D eigenvalue weighted by Gasteiger charge is -2.09. The Hall–Kier alpha value is -3.14. The molecule has 0 unspecified atom stereocenters. The molecule has 0 radical (unpaired) electrons. The number of halogens is 2. The number of carbonyl (C=O) groups is 1. The van der Waals surface area contributed by atoms with E-state index in [-0.39, 0.29) is 11.7 Å². The number of hydrogen-bond acceptors (Lipinski definition) is 6. The summed E-state index contributed by atoms with van der Waals surface area (Å²) in [6.45, 7) is 0.393. The van der Waals surface area contributed by atoms with Gasteiger partial charge in [0.25, 0.3) is 5.91 Å². The van der Waals surface area contributed by atoms with E-state index in [1.165, 1.54) is 11.8 Å². The topological polar surface area (TPSA) is 81.4 Å². The molecular formula is C25H21BrClN5O2S. The molecule has 0 spiro atoms. The largest absolute Gasteiger partial charge is 0.488 e. The van der Waals surface area contributed by atoms with Crippen LogP contribution in [0.2, 0.25) is 5.02 Å². The summed E-state index contributed by atoms with van der Waals surface area (Å²) in [6.07, 6.45) is 1.56. The maximum Gasteiger partial charge on any atom is 0.250 e. The van der Waals surface area contributed by atoms with Crippen molar-refractivity contribution in [1.29, 1.82) is 0 Å². The van der Waals surface area contributed by atoms with Crippen LogP contribution in [0.1, 0.15) is 11.1 Å². The number of benzene rings is 3. The maximum absolute atomic E-state index is 12.3. The highest BCUT2D eigenvalue weighted by molar-refractivity contribution is 9.10. The first-order valence-corrected chi connectivity index (χ1v) is 12.7. The fourth-order valence-corrected chi connectivity index (χ4v) is 4.34. The van der Waals surface area contributed by atoms with Crippen LogP contribution < -0.4 is 10.2 Å².